The number of benzene rings is 2. The first kappa shape index (κ1) is 18.7. The second-order valence-corrected chi connectivity index (χ2v) is 8.15. The number of piperidine rings is 1. The van der Waals surface area contributed by atoms with Crippen molar-refractivity contribution >= 4 is 11.8 Å². The Kier molecular flexibility index (Phi) is 5.47. The van der Waals surface area contributed by atoms with Gasteiger partial charge in [-0.3, -0.25) is 9.59 Å². The fourth-order valence-electron chi connectivity index (χ4n) is 4.59. The largest absolute Gasteiger partial charge is 0.338 e. The molecule has 2 amide bonds. The summed E-state index contributed by atoms with van der Waals surface area (Å²) in [5, 5.41) is 0. The molecule has 2 aromatic carbocycles. The summed E-state index contributed by atoms with van der Waals surface area (Å²) in [6.07, 6.45) is 3.43. The van der Waals surface area contributed by atoms with Crippen LogP contribution in [-0.4, -0.2) is 47.3 Å². The minimum absolute atomic E-state index is 0.0895. The average molecular weight is 377 g/mol. The van der Waals surface area contributed by atoms with Gasteiger partial charge in [-0.15, -0.1) is 0 Å². The number of hydrogen-bond donors (Lipinski definition) is 0. The van der Waals surface area contributed by atoms with Crippen LogP contribution in [-0.2, 0) is 11.2 Å². The van der Waals surface area contributed by atoms with Crippen molar-refractivity contribution in [3.05, 3.63) is 71.3 Å². The Morgan fingerprint density at radius 1 is 0.929 bits per heavy atom. The highest BCUT2D eigenvalue weighted by Crippen LogP contribution is 2.29. The molecule has 0 aromatic heterocycles. The highest BCUT2D eigenvalue weighted by Gasteiger charge is 2.38. The monoisotopic (exact) mass is 376 g/mol. The van der Waals surface area contributed by atoms with Crippen molar-refractivity contribution in [1.82, 2.24) is 9.80 Å². The summed E-state index contributed by atoms with van der Waals surface area (Å²) in [5.74, 6) is 0.701. The first-order chi connectivity index (χ1) is 13.6. The minimum atomic E-state index is 0.0895. The SMILES string of the molecule is Cc1ccccc1CCC(=O)N1C[C@H]2CC[C@@H]1CN(C(=O)c1ccccc1)C2. The number of aryl methyl sites for hydroxylation is 2. The lowest BCUT2D eigenvalue weighted by Gasteiger charge is -2.36. The van der Waals surface area contributed by atoms with Crippen molar-refractivity contribution in [2.45, 2.75) is 38.6 Å². The maximum Gasteiger partial charge on any atom is 0.253 e. The van der Waals surface area contributed by atoms with E-state index in [1.807, 2.05) is 47.4 Å². The van der Waals surface area contributed by atoms with Gasteiger partial charge < -0.3 is 9.80 Å². The molecule has 3 heterocycles. The van der Waals surface area contributed by atoms with Gasteiger partial charge >= 0.3 is 0 Å². The van der Waals surface area contributed by atoms with Crippen molar-refractivity contribution in [3.8, 4) is 0 Å². The van der Waals surface area contributed by atoms with Gasteiger partial charge in [0.05, 0.1) is 0 Å². The van der Waals surface area contributed by atoms with E-state index in [-0.39, 0.29) is 17.9 Å². The van der Waals surface area contributed by atoms with E-state index in [4.69, 9.17) is 0 Å². The molecule has 3 aliphatic heterocycles. The highest BCUT2D eigenvalue weighted by molar-refractivity contribution is 5.94. The lowest BCUT2D eigenvalue weighted by molar-refractivity contribution is -0.135. The second-order valence-electron chi connectivity index (χ2n) is 8.15. The highest BCUT2D eigenvalue weighted by atomic mass is 16.2. The minimum Gasteiger partial charge on any atom is -0.338 e. The zero-order valence-corrected chi connectivity index (χ0v) is 16.5. The molecule has 146 valence electrons. The summed E-state index contributed by atoms with van der Waals surface area (Å²) in [7, 11) is 0. The molecule has 3 fully saturated rings. The summed E-state index contributed by atoms with van der Waals surface area (Å²) in [4.78, 5) is 29.9. The molecule has 4 heteroatoms. The molecular weight excluding hydrogens is 348 g/mol. The molecule has 4 nitrogen and oxygen atoms in total. The van der Waals surface area contributed by atoms with Crippen molar-refractivity contribution in [2.24, 2.45) is 5.92 Å². The van der Waals surface area contributed by atoms with Crippen LogP contribution in [0.1, 0.15) is 40.7 Å². The predicted octanol–water partition coefficient (Wildman–Crippen LogP) is 3.69. The molecular formula is C24H28N2O2. The Morgan fingerprint density at radius 3 is 2.46 bits per heavy atom. The van der Waals surface area contributed by atoms with Crippen LogP contribution in [0.15, 0.2) is 54.6 Å². The molecule has 0 spiro atoms. The van der Waals surface area contributed by atoms with E-state index in [2.05, 4.69) is 24.0 Å². The number of hydrogen-bond acceptors (Lipinski definition) is 2. The van der Waals surface area contributed by atoms with Crippen molar-refractivity contribution in [1.29, 1.82) is 0 Å². The third-order valence-electron chi connectivity index (χ3n) is 6.21. The van der Waals surface area contributed by atoms with E-state index in [0.717, 1.165) is 37.9 Å². The van der Waals surface area contributed by atoms with Gasteiger partial charge in [-0.05, 0) is 55.4 Å². The van der Waals surface area contributed by atoms with E-state index >= 15 is 0 Å². The third-order valence-corrected chi connectivity index (χ3v) is 6.21. The van der Waals surface area contributed by atoms with E-state index < -0.39 is 0 Å². The molecule has 2 atom stereocenters. The summed E-state index contributed by atoms with van der Waals surface area (Å²) >= 11 is 0. The molecule has 0 radical (unpaired) electrons. The number of amides is 2. The summed E-state index contributed by atoms with van der Waals surface area (Å²) in [6.45, 7) is 4.29. The third kappa shape index (κ3) is 3.96. The molecule has 28 heavy (non-hydrogen) atoms. The molecule has 0 saturated carbocycles. The number of rotatable bonds is 4. The lowest BCUT2D eigenvalue weighted by atomic mass is 9.94. The molecule has 0 unspecified atom stereocenters. The Morgan fingerprint density at radius 2 is 1.68 bits per heavy atom. The Labute approximate surface area is 167 Å². The zero-order chi connectivity index (χ0) is 19.5. The Hall–Kier alpha value is -2.62. The maximum atomic E-state index is 13.0. The van der Waals surface area contributed by atoms with Gasteiger partial charge in [0.1, 0.15) is 0 Å². The predicted molar refractivity (Wildman–Crippen MR) is 110 cm³/mol. The number of carbonyl (C=O) groups is 2. The van der Waals surface area contributed by atoms with E-state index in [1.54, 1.807) is 0 Å². The van der Waals surface area contributed by atoms with Gasteiger partial charge in [0.15, 0.2) is 0 Å². The number of fused-ring (bicyclic) bond motifs is 4. The fraction of sp³-hybridized carbons (Fsp3) is 0.417. The Balaban J connectivity index is 1.42. The van der Waals surface area contributed by atoms with Crippen LogP contribution in [0.2, 0.25) is 0 Å². The fourth-order valence-corrected chi connectivity index (χ4v) is 4.59. The first-order valence-electron chi connectivity index (χ1n) is 10.3. The van der Waals surface area contributed by atoms with E-state index in [1.165, 1.54) is 11.1 Å². The van der Waals surface area contributed by atoms with Crippen molar-refractivity contribution in [2.75, 3.05) is 19.6 Å². The van der Waals surface area contributed by atoms with Gasteiger partial charge in [-0.25, -0.2) is 0 Å². The van der Waals surface area contributed by atoms with Gasteiger partial charge in [0, 0.05) is 37.7 Å². The normalized spacial score (nSPS) is 21.5. The van der Waals surface area contributed by atoms with Crippen LogP contribution in [0.3, 0.4) is 0 Å². The van der Waals surface area contributed by atoms with Crippen LogP contribution < -0.4 is 0 Å². The number of nitrogens with zero attached hydrogens (tertiary/aromatic N) is 2. The Bertz CT molecular complexity index is 849. The smallest absolute Gasteiger partial charge is 0.253 e. The molecule has 3 aliphatic rings. The van der Waals surface area contributed by atoms with Crippen LogP contribution in [0, 0.1) is 12.8 Å². The van der Waals surface area contributed by atoms with Crippen LogP contribution >= 0.6 is 0 Å². The van der Waals surface area contributed by atoms with E-state index in [0.29, 0.717) is 18.9 Å². The van der Waals surface area contributed by atoms with Gasteiger partial charge in [-0.1, -0.05) is 42.5 Å². The first-order valence-corrected chi connectivity index (χ1v) is 10.3. The van der Waals surface area contributed by atoms with Crippen LogP contribution in [0.25, 0.3) is 0 Å². The quantitative estimate of drug-likeness (QED) is 0.817. The summed E-state index contributed by atoms with van der Waals surface area (Å²) < 4.78 is 0. The standard InChI is InChI=1S/C24H28N2O2/c1-18-7-5-6-8-20(18)12-14-23(27)26-16-19-11-13-22(26)17-25(15-19)24(28)21-9-3-2-4-10-21/h2-10,19,22H,11-17H2,1H3/t19-,22+/m0/s1. The molecule has 0 aliphatic carbocycles. The van der Waals surface area contributed by atoms with Crippen LogP contribution in [0.5, 0.6) is 0 Å². The lowest BCUT2D eigenvalue weighted by Crippen LogP contribution is -2.47. The van der Waals surface area contributed by atoms with E-state index in [9.17, 15) is 9.59 Å². The molecule has 5 rings (SSSR count). The second kappa shape index (κ2) is 8.17. The van der Waals surface area contributed by atoms with Gasteiger partial charge in [0.25, 0.3) is 5.91 Å². The zero-order valence-electron chi connectivity index (χ0n) is 16.5. The molecule has 2 bridgehead atoms. The summed E-state index contributed by atoms with van der Waals surface area (Å²) in [6, 6.07) is 17.9. The molecule has 2 aromatic rings. The maximum absolute atomic E-state index is 13.0. The van der Waals surface area contributed by atoms with Gasteiger partial charge in [-0.2, -0.15) is 0 Å². The van der Waals surface area contributed by atoms with Crippen LogP contribution in [0.4, 0.5) is 0 Å². The number of carbonyl (C=O) groups excluding carboxylic acids is 2. The van der Waals surface area contributed by atoms with Crippen molar-refractivity contribution in [3.63, 3.8) is 0 Å². The van der Waals surface area contributed by atoms with Crippen molar-refractivity contribution < 1.29 is 9.59 Å². The summed E-state index contributed by atoms with van der Waals surface area (Å²) in [5.41, 5.74) is 3.23. The van der Waals surface area contributed by atoms with Gasteiger partial charge in [0.2, 0.25) is 5.91 Å². The topological polar surface area (TPSA) is 40.6 Å². The average Bonchev–Trinajstić information content (AvgIpc) is 3.05. The molecule has 0 N–H and O–H groups in total. The molecule has 3 saturated heterocycles.